The Kier molecular flexibility index (Phi) is 9.54. The molecule has 0 amide bonds. The average molecular weight is 659 g/mol. The number of halogens is 3. The van der Waals surface area contributed by atoms with Crippen LogP contribution in [0.3, 0.4) is 0 Å². The maximum atomic E-state index is 13.6. The minimum Gasteiger partial charge on any atom is -0.479 e. The van der Waals surface area contributed by atoms with Crippen molar-refractivity contribution in [2.45, 2.75) is 38.4 Å². The maximum absolute atomic E-state index is 13.6. The van der Waals surface area contributed by atoms with E-state index in [1.54, 1.807) is 36.3 Å². The summed E-state index contributed by atoms with van der Waals surface area (Å²) in [6.45, 7) is 2.52. The van der Waals surface area contributed by atoms with E-state index >= 15 is 0 Å². The molecule has 1 unspecified atom stereocenters. The standard InChI is InChI=1S/C25H23F3N6O.H2O7S2/c1-16-14-33(15-29-16)21-11-9-17(30-24(21)35-2)10-12-22-31-23-19(7-5-13-34(23)32-22)18-6-3-4-8-20(18)25(26,27)28;1-8(2,3)7-9(4,5)6/h3-4,6,8-12,14-15,19H,5,7,13H2,1-2H3;(H,1,2,3)(H,4,5,6)/b12-10+;. The highest BCUT2D eigenvalue weighted by Crippen LogP contribution is 2.40. The second-order valence-electron chi connectivity index (χ2n) is 9.27. The molecule has 1 aliphatic heterocycles. The molecule has 0 saturated carbocycles. The summed E-state index contributed by atoms with van der Waals surface area (Å²) in [4.78, 5) is 13.3. The van der Waals surface area contributed by atoms with E-state index in [0.29, 0.717) is 36.2 Å². The van der Waals surface area contributed by atoms with Crippen LogP contribution < -0.4 is 4.74 Å². The fourth-order valence-corrected chi connectivity index (χ4v) is 5.37. The summed E-state index contributed by atoms with van der Waals surface area (Å²) in [5.74, 6) is 0.938. The van der Waals surface area contributed by atoms with Crippen LogP contribution in [-0.2, 0) is 37.1 Å². The topological polar surface area (TPSA) is 189 Å². The number of rotatable bonds is 7. The number of imidazole rings is 1. The van der Waals surface area contributed by atoms with Crippen molar-refractivity contribution in [1.82, 2.24) is 29.3 Å². The first-order chi connectivity index (χ1) is 20.5. The Balaban J connectivity index is 0.000000429. The first-order valence-electron chi connectivity index (χ1n) is 12.5. The third-order valence-corrected chi connectivity index (χ3v) is 7.53. The Morgan fingerprint density at radius 1 is 1.02 bits per heavy atom. The van der Waals surface area contributed by atoms with Gasteiger partial charge in [0.1, 0.15) is 11.5 Å². The van der Waals surface area contributed by atoms with Crippen molar-refractivity contribution in [3.63, 3.8) is 0 Å². The minimum absolute atomic E-state index is 0.237. The van der Waals surface area contributed by atoms with E-state index < -0.39 is 38.5 Å². The van der Waals surface area contributed by atoms with E-state index in [-0.39, 0.29) is 5.56 Å². The number of aryl methyl sites for hydroxylation is 2. The Bertz CT molecular complexity index is 1860. The van der Waals surface area contributed by atoms with E-state index in [0.717, 1.165) is 23.9 Å². The molecule has 1 aliphatic rings. The fraction of sp³-hybridized carbons (Fsp3) is 0.280. The molecule has 0 aliphatic carbocycles. The zero-order valence-electron chi connectivity index (χ0n) is 22.9. The molecule has 0 fully saturated rings. The summed E-state index contributed by atoms with van der Waals surface area (Å²) in [6.07, 6.45) is 3.92. The van der Waals surface area contributed by atoms with Crippen LogP contribution >= 0.6 is 0 Å². The van der Waals surface area contributed by atoms with E-state index in [4.69, 9.17) is 13.8 Å². The summed E-state index contributed by atoms with van der Waals surface area (Å²) in [5.41, 5.74) is 1.88. The highest BCUT2D eigenvalue weighted by atomic mass is 32.3. The number of benzene rings is 1. The largest absolute Gasteiger partial charge is 0.479 e. The summed E-state index contributed by atoms with van der Waals surface area (Å²) in [7, 11) is -8.69. The number of methoxy groups -OCH3 is 1. The molecule has 19 heteroatoms. The molecule has 0 saturated heterocycles. The van der Waals surface area contributed by atoms with E-state index in [2.05, 4.69) is 23.7 Å². The predicted octanol–water partition coefficient (Wildman–Crippen LogP) is 3.90. The maximum Gasteiger partial charge on any atom is 0.416 e. The molecule has 14 nitrogen and oxygen atoms in total. The van der Waals surface area contributed by atoms with Gasteiger partial charge in [-0.2, -0.15) is 35.1 Å². The Hall–Kier alpha value is -4.17. The van der Waals surface area contributed by atoms with Crippen molar-refractivity contribution in [2.75, 3.05) is 7.11 Å². The zero-order chi connectivity index (χ0) is 32.3. The van der Waals surface area contributed by atoms with Gasteiger partial charge in [0.15, 0.2) is 5.82 Å². The fourth-order valence-electron chi connectivity index (χ4n) is 4.50. The lowest BCUT2D eigenvalue weighted by Crippen LogP contribution is -2.21. The molecule has 0 radical (unpaired) electrons. The van der Waals surface area contributed by atoms with E-state index in [1.807, 2.05) is 29.8 Å². The van der Waals surface area contributed by atoms with Crippen LogP contribution in [0.15, 0.2) is 48.9 Å². The smallest absolute Gasteiger partial charge is 0.416 e. The number of alkyl halides is 3. The Morgan fingerprint density at radius 2 is 1.73 bits per heavy atom. The number of pyridine rings is 1. The molecular weight excluding hydrogens is 633 g/mol. The molecule has 44 heavy (non-hydrogen) atoms. The molecule has 4 aromatic rings. The van der Waals surface area contributed by atoms with Crippen LogP contribution in [0.1, 0.15) is 52.9 Å². The minimum atomic E-state index is -5.12. The summed E-state index contributed by atoms with van der Waals surface area (Å²) < 4.78 is 105. The van der Waals surface area contributed by atoms with Gasteiger partial charge in [0.05, 0.1) is 30.4 Å². The van der Waals surface area contributed by atoms with Gasteiger partial charge in [0.25, 0.3) is 0 Å². The molecule has 0 bridgehead atoms. The van der Waals surface area contributed by atoms with Crippen LogP contribution in [0, 0.1) is 6.92 Å². The SMILES string of the molecule is COc1nc(/C=C/c2nc3n(n2)CCCC3c2ccccc2C(F)(F)F)ccc1-n1cnc(C)c1.O=S(=O)(O)OS(=O)(=O)O. The lowest BCUT2D eigenvalue weighted by atomic mass is 9.88. The molecule has 1 aromatic carbocycles. The van der Waals surface area contributed by atoms with E-state index in [9.17, 15) is 30.0 Å². The van der Waals surface area contributed by atoms with Crippen molar-refractivity contribution in [3.8, 4) is 11.6 Å². The summed E-state index contributed by atoms with van der Waals surface area (Å²) >= 11 is 0. The number of nitrogens with zero attached hydrogens (tertiary/aromatic N) is 6. The summed E-state index contributed by atoms with van der Waals surface area (Å²) in [5, 5.41) is 4.51. The number of fused-ring (bicyclic) bond motifs is 1. The van der Waals surface area contributed by atoms with Gasteiger partial charge in [-0.15, -0.1) is 3.63 Å². The predicted molar refractivity (Wildman–Crippen MR) is 148 cm³/mol. The molecule has 2 N–H and O–H groups in total. The third kappa shape index (κ3) is 8.47. The van der Waals surface area contributed by atoms with Crippen molar-refractivity contribution >= 4 is 33.0 Å². The third-order valence-electron chi connectivity index (χ3n) is 6.15. The molecule has 5 rings (SSSR count). The quantitative estimate of drug-likeness (QED) is 0.273. The number of ether oxygens (including phenoxy) is 1. The zero-order valence-corrected chi connectivity index (χ0v) is 24.6. The van der Waals surface area contributed by atoms with Crippen molar-refractivity contribution in [3.05, 3.63) is 83.1 Å². The Labute approximate surface area is 249 Å². The molecule has 236 valence electrons. The van der Waals surface area contributed by atoms with Gasteiger partial charge in [-0.05, 0) is 55.7 Å². The van der Waals surface area contributed by atoms with Gasteiger partial charge in [0, 0.05) is 18.7 Å². The second kappa shape index (κ2) is 12.8. The molecule has 0 spiro atoms. The molecule has 4 heterocycles. The van der Waals surface area contributed by atoms with Gasteiger partial charge < -0.3 is 9.30 Å². The van der Waals surface area contributed by atoms with Gasteiger partial charge in [-0.3, -0.25) is 9.11 Å². The van der Waals surface area contributed by atoms with Gasteiger partial charge >= 0.3 is 27.0 Å². The van der Waals surface area contributed by atoms with Gasteiger partial charge in [-0.1, -0.05) is 18.2 Å². The molecular formula is C25H25F3N6O8S2. The van der Waals surface area contributed by atoms with Crippen LogP contribution in [0.4, 0.5) is 13.2 Å². The highest BCUT2D eigenvalue weighted by molar-refractivity contribution is 7.94. The second-order valence-corrected chi connectivity index (χ2v) is 11.5. The summed E-state index contributed by atoms with van der Waals surface area (Å²) in [6, 6.07) is 9.42. The first-order valence-corrected chi connectivity index (χ1v) is 15.3. The lowest BCUT2D eigenvalue weighted by molar-refractivity contribution is -0.138. The van der Waals surface area contributed by atoms with Gasteiger partial charge in [-0.25, -0.2) is 19.6 Å². The monoisotopic (exact) mass is 658 g/mol. The first kappa shape index (κ1) is 32.7. The normalized spacial score (nSPS) is 15.5. The van der Waals surface area contributed by atoms with Crippen LogP contribution in [0.2, 0.25) is 0 Å². The van der Waals surface area contributed by atoms with E-state index in [1.165, 1.54) is 12.1 Å². The van der Waals surface area contributed by atoms with Crippen LogP contribution in [0.5, 0.6) is 5.88 Å². The van der Waals surface area contributed by atoms with Gasteiger partial charge in [0.2, 0.25) is 5.88 Å². The van der Waals surface area contributed by atoms with Crippen LogP contribution in [0.25, 0.3) is 17.8 Å². The van der Waals surface area contributed by atoms with Crippen LogP contribution in [-0.4, -0.2) is 62.4 Å². The van der Waals surface area contributed by atoms with Crippen molar-refractivity contribution < 1.29 is 47.5 Å². The molecule has 3 aromatic heterocycles. The van der Waals surface area contributed by atoms with Crippen molar-refractivity contribution in [1.29, 1.82) is 0 Å². The number of hydrogen-bond acceptors (Lipinski definition) is 10. The average Bonchev–Trinajstić information content (AvgIpc) is 3.55. The number of hydrogen-bond donors (Lipinski definition) is 2. The highest BCUT2D eigenvalue weighted by Gasteiger charge is 2.37. The Morgan fingerprint density at radius 3 is 2.32 bits per heavy atom. The number of aromatic nitrogens is 6. The molecule has 1 atom stereocenters. The van der Waals surface area contributed by atoms with Crippen molar-refractivity contribution in [2.24, 2.45) is 0 Å². The lowest BCUT2D eigenvalue weighted by Gasteiger charge is -2.25.